The maximum Gasteiger partial charge on any atom is 0.422 e. The van der Waals surface area contributed by atoms with Crippen molar-refractivity contribution in [2.75, 3.05) is 33.3 Å². The fraction of sp³-hybridized carbons (Fsp3) is 0.316. The summed E-state index contributed by atoms with van der Waals surface area (Å²) in [5.74, 6) is 0.457. The van der Waals surface area contributed by atoms with Crippen molar-refractivity contribution in [1.82, 2.24) is 0 Å². The zero-order valence-corrected chi connectivity index (χ0v) is 16.6. The first-order valence-electron chi connectivity index (χ1n) is 8.24. The number of benzene rings is 2. The standard InChI is InChI=1S/C19H19ClF3NO5/c1-26-15-6-11(7-16(27-2)18(15)28-3)8-17(25)24-13-9-12(20)4-5-14(13)29-10-19(21,22)23/h4-7,9H,8,10H2,1-3H3,(H,24,25). The van der Waals surface area contributed by atoms with E-state index in [9.17, 15) is 18.0 Å². The van der Waals surface area contributed by atoms with E-state index in [1.165, 1.54) is 39.5 Å². The molecule has 10 heteroatoms. The summed E-state index contributed by atoms with van der Waals surface area (Å²) in [6, 6.07) is 7.12. The van der Waals surface area contributed by atoms with E-state index >= 15 is 0 Å². The van der Waals surface area contributed by atoms with Crippen LogP contribution in [-0.4, -0.2) is 40.0 Å². The zero-order chi connectivity index (χ0) is 21.6. The van der Waals surface area contributed by atoms with Gasteiger partial charge >= 0.3 is 6.18 Å². The van der Waals surface area contributed by atoms with Gasteiger partial charge in [0.05, 0.1) is 33.4 Å². The molecule has 1 amide bonds. The minimum absolute atomic E-state index is 0.0270. The highest BCUT2D eigenvalue weighted by molar-refractivity contribution is 6.31. The van der Waals surface area contributed by atoms with Crippen molar-refractivity contribution in [3.05, 3.63) is 40.9 Å². The normalized spacial score (nSPS) is 11.0. The van der Waals surface area contributed by atoms with Gasteiger partial charge in [-0.25, -0.2) is 0 Å². The number of ether oxygens (including phenoxy) is 4. The van der Waals surface area contributed by atoms with Crippen LogP contribution in [0.25, 0.3) is 0 Å². The number of methoxy groups -OCH3 is 3. The molecule has 0 spiro atoms. The number of hydrogen-bond acceptors (Lipinski definition) is 5. The second-order valence-electron chi connectivity index (χ2n) is 5.80. The predicted molar refractivity (Wildman–Crippen MR) is 101 cm³/mol. The molecule has 1 N–H and O–H groups in total. The number of halogens is 4. The maximum atomic E-state index is 12.5. The Labute approximate surface area is 170 Å². The SMILES string of the molecule is COc1cc(CC(=O)Nc2cc(Cl)ccc2OCC(F)(F)F)cc(OC)c1OC. The summed E-state index contributed by atoms with van der Waals surface area (Å²) in [6.07, 6.45) is -4.63. The van der Waals surface area contributed by atoms with Gasteiger partial charge in [-0.1, -0.05) is 11.6 Å². The van der Waals surface area contributed by atoms with Crippen molar-refractivity contribution in [1.29, 1.82) is 0 Å². The summed E-state index contributed by atoms with van der Waals surface area (Å²) in [5.41, 5.74) is 0.566. The van der Waals surface area contributed by atoms with E-state index in [4.69, 9.17) is 30.5 Å². The van der Waals surface area contributed by atoms with E-state index in [1.54, 1.807) is 12.1 Å². The molecule has 158 valence electrons. The molecule has 2 aromatic rings. The van der Waals surface area contributed by atoms with Gasteiger partial charge in [-0.15, -0.1) is 0 Å². The topological polar surface area (TPSA) is 66.0 Å². The number of alkyl halides is 3. The molecule has 0 radical (unpaired) electrons. The number of rotatable bonds is 8. The molecule has 2 aromatic carbocycles. The molecule has 6 nitrogen and oxygen atoms in total. The van der Waals surface area contributed by atoms with Gasteiger partial charge in [0.25, 0.3) is 0 Å². The first kappa shape index (κ1) is 22.5. The van der Waals surface area contributed by atoms with Crippen LogP contribution in [0.1, 0.15) is 5.56 Å². The van der Waals surface area contributed by atoms with Crippen molar-refractivity contribution >= 4 is 23.2 Å². The van der Waals surface area contributed by atoms with Crippen LogP contribution >= 0.6 is 11.6 Å². The molecule has 0 saturated carbocycles. The van der Waals surface area contributed by atoms with Crippen LogP contribution in [0.4, 0.5) is 18.9 Å². The highest BCUT2D eigenvalue weighted by atomic mass is 35.5. The molecule has 0 heterocycles. The fourth-order valence-corrected chi connectivity index (χ4v) is 2.67. The van der Waals surface area contributed by atoms with Crippen molar-refractivity contribution in [3.63, 3.8) is 0 Å². The minimum atomic E-state index is -4.52. The van der Waals surface area contributed by atoms with Crippen LogP contribution in [0.5, 0.6) is 23.0 Å². The van der Waals surface area contributed by atoms with Gasteiger partial charge in [0.2, 0.25) is 11.7 Å². The van der Waals surface area contributed by atoms with Gasteiger partial charge in [0, 0.05) is 5.02 Å². The van der Waals surface area contributed by atoms with Gasteiger partial charge in [-0.2, -0.15) is 13.2 Å². The number of hydrogen-bond donors (Lipinski definition) is 1. The Bertz CT molecular complexity index is 848. The quantitative estimate of drug-likeness (QED) is 0.664. The Morgan fingerprint density at radius 1 is 1.00 bits per heavy atom. The molecular formula is C19H19ClF3NO5. The van der Waals surface area contributed by atoms with Gasteiger partial charge in [-0.3, -0.25) is 4.79 Å². The average molecular weight is 434 g/mol. The minimum Gasteiger partial charge on any atom is -0.493 e. The number of anilines is 1. The van der Waals surface area contributed by atoms with Crippen LogP contribution in [0.3, 0.4) is 0 Å². The third kappa shape index (κ3) is 6.35. The lowest BCUT2D eigenvalue weighted by molar-refractivity contribution is -0.153. The molecule has 0 saturated heterocycles. The molecule has 0 aromatic heterocycles. The molecule has 0 unspecified atom stereocenters. The van der Waals surface area contributed by atoms with Crippen molar-refractivity contribution in [2.24, 2.45) is 0 Å². The van der Waals surface area contributed by atoms with Crippen molar-refractivity contribution < 1.29 is 36.9 Å². The molecular weight excluding hydrogens is 415 g/mol. The van der Waals surface area contributed by atoms with Crippen molar-refractivity contribution in [2.45, 2.75) is 12.6 Å². The van der Waals surface area contributed by atoms with Gasteiger partial charge < -0.3 is 24.3 Å². The molecule has 0 aliphatic rings. The summed E-state index contributed by atoms with van der Waals surface area (Å²) < 4.78 is 57.8. The smallest absolute Gasteiger partial charge is 0.422 e. The molecule has 29 heavy (non-hydrogen) atoms. The fourth-order valence-electron chi connectivity index (χ4n) is 2.50. The lowest BCUT2D eigenvalue weighted by Crippen LogP contribution is -2.21. The number of carbonyl (C=O) groups excluding carboxylic acids is 1. The third-order valence-corrected chi connectivity index (χ3v) is 3.93. The third-order valence-electron chi connectivity index (χ3n) is 3.70. The Hall–Kier alpha value is -2.81. The average Bonchev–Trinajstić information content (AvgIpc) is 2.65. The monoisotopic (exact) mass is 433 g/mol. The largest absolute Gasteiger partial charge is 0.493 e. The van der Waals surface area contributed by atoms with E-state index in [0.29, 0.717) is 22.8 Å². The van der Waals surface area contributed by atoms with Crippen LogP contribution in [0.15, 0.2) is 30.3 Å². The second kappa shape index (κ2) is 9.60. The van der Waals surface area contributed by atoms with E-state index in [1.807, 2.05) is 0 Å². The summed E-state index contributed by atoms with van der Waals surface area (Å²) in [7, 11) is 4.34. The number of amides is 1. The molecule has 0 fully saturated rings. The number of carbonyl (C=O) groups is 1. The van der Waals surface area contributed by atoms with Crippen LogP contribution in [0.2, 0.25) is 5.02 Å². The lowest BCUT2D eigenvalue weighted by atomic mass is 10.1. The summed E-state index contributed by atoms with van der Waals surface area (Å²) in [4.78, 5) is 12.5. The lowest BCUT2D eigenvalue weighted by Gasteiger charge is -2.15. The second-order valence-corrected chi connectivity index (χ2v) is 6.24. The molecule has 2 rings (SSSR count). The van der Waals surface area contributed by atoms with Gasteiger partial charge in [-0.05, 0) is 35.9 Å². The first-order chi connectivity index (χ1) is 13.7. The highest BCUT2D eigenvalue weighted by Crippen LogP contribution is 2.38. The van der Waals surface area contributed by atoms with Gasteiger partial charge in [0.1, 0.15) is 5.75 Å². The van der Waals surface area contributed by atoms with Crippen LogP contribution < -0.4 is 24.3 Å². The molecule has 0 atom stereocenters. The summed E-state index contributed by atoms with van der Waals surface area (Å²) in [5, 5.41) is 2.74. The van der Waals surface area contributed by atoms with E-state index in [-0.39, 0.29) is 22.9 Å². The Kier molecular flexibility index (Phi) is 7.44. The van der Waals surface area contributed by atoms with Gasteiger partial charge in [0.15, 0.2) is 18.1 Å². The van der Waals surface area contributed by atoms with E-state index in [2.05, 4.69) is 5.32 Å². The molecule has 0 bridgehead atoms. The first-order valence-corrected chi connectivity index (χ1v) is 8.62. The molecule has 0 aliphatic heterocycles. The summed E-state index contributed by atoms with van der Waals surface area (Å²) in [6.45, 7) is -1.50. The van der Waals surface area contributed by atoms with Crippen LogP contribution in [0, 0.1) is 0 Å². The Morgan fingerprint density at radius 3 is 2.14 bits per heavy atom. The Balaban J connectivity index is 2.20. The zero-order valence-electron chi connectivity index (χ0n) is 15.9. The molecule has 0 aliphatic carbocycles. The predicted octanol–water partition coefficient (Wildman–Crippen LogP) is 4.49. The van der Waals surface area contributed by atoms with Crippen molar-refractivity contribution in [3.8, 4) is 23.0 Å². The Morgan fingerprint density at radius 2 is 1.62 bits per heavy atom. The number of nitrogens with one attached hydrogen (secondary N) is 1. The summed E-state index contributed by atoms with van der Waals surface area (Å²) >= 11 is 5.89. The highest BCUT2D eigenvalue weighted by Gasteiger charge is 2.29. The van der Waals surface area contributed by atoms with E-state index in [0.717, 1.165) is 0 Å². The maximum absolute atomic E-state index is 12.5. The van der Waals surface area contributed by atoms with E-state index < -0.39 is 18.7 Å². The van der Waals surface area contributed by atoms with Crippen LogP contribution in [-0.2, 0) is 11.2 Å².